The summed E-state index contributed by atoms with van der Waals surface area (Å²) in [6.45, 7) is 1.20. The van der Waals surface area contributed by atoms with Gasteiger partial charge in [-0.2, -0.15) is 9.67 Å². The molecule has 0 aliphatic carbocycles. The number of benzene rings is 1. The third kappa shape index (κ3) is 7.09. The summed E-state index contributed by atoms with van der Waals surface area (Å²) in [5.74, 6) is 1.29. The Bertz CT molecular complexity index is 1710. The van der Waals surface area contributed by atoms with Gasteiger partial charge < -0.3 is 20.5 Å². The van der Waals surface area contributed by atoms with E-state index in [9.17, 15) is 9.59 Å². The Morgan fingerprint density at radius 1 is 1.00 bits per heavy atom. The first-order valence-corrected chi connectivity index (χ1v) is 13.5. The van der Waals surface area contributed by atoms with Gasteiger partial charge in [-0.25, -0.2) is 9.97 Å². The van der Waals surface area contributed by atoms with Crippen molar-refractivity contribution in [3.63, 3.8) is 0 Å². The Labute approximate surface area is 242 Å². The van der Waals surface area contributed by atoms with Crippen LogP contribution in [0.4, 0.5) is 17.6 Å². The lowest BCUT2D eigenvalue weighted by Gasteiger charge is -2.10. The second-order valence-electron chi connectivity index (χ2n) is 10.1. The van der Waals surface area contributed by atoms with Crippen LogP contribution in [0.5, 0.6) is 0 Å². The predicted octanol–water partition coefficient (Wildman–Crippen LogP) is 3.26. The Morgan fingerprint density at radius 2 is 1.83 bits per heavy atom. The molecule has 42 heavy (non-hydrogen) atoms. The summed E-state index contributed by atoms with van der Waals surface area (Å²) >= 11 is 0. The van der Waals surface area contributed by atoms with Gasteiger partial charge in [0.05, 0.1) is 12.1 Å². The molecule has 0 spiro atoms. The van der Waals surface area contributed by atoms with Crippen LogP contribution >= 0.6 is 0 Å². The minimum atomic E-state index is -0.319. The molecule has 1 aromatic carbocycles. The van der Waals surface area contributed by atoms with Crippen LogP contribution in [0.2, 0.25) is 0 Å². The number of aryl methyl sites for hydroxylation is 1. The van der Waals surface area contributed by atoms with E-state index in [2.05, 4.69) is 35.3 Å². The molecule has 214 valence electrons. The van der Waals surface area contributed by atoms with Crippen LogP contribution in [0.1, 0.15) is 40.2 Å². The van der Waals surface area contributed by atoms with Crippen LogP contribution in [0.3, 0.4) is 0 Å². The highest BCUT2D eigenvalue weighted by Crippen LogP contribution is 2.18. The number of Topliss-reactive ketones (excluding diaryl/α,β-unsaturated/α-hetero) is 1. The van der Waals surface area contributed by atoms with Crippen molar-refractivity contribution in [2.75, 3.05) is 25.1 Å². The summed E-state index contributed by atoms with van der Waals surface area (Å²) in [5.41, 5.74) is 8.90. The summed E-state index contributed by atoms with van der Waals surface area (Å²) in [6, 6.07) is 16.7. The molecule has 4 aromatic heterocycles. The molecular formula is C30H32N10O2. The minimum Gasteiger partial charge on any atom is -0.368 e. The lowest BCUT2D eigenvalue weighted by molar-refractivity contribution is 0.0978. The van der Waals surface area contributed by atoms with Crippen molar-refractivity contribution in [3.05, 3.63) is 112 Å². The van der Waals surface area contributed by atoms with Gasteiger partial charge in [0.2, 0.25) is 11.9 Å². The number of pyridine rings is 2. The topological polar surface area (TPSA) is 150 Å². The number of carbonyl (C=O) groups is 1. The van der Waals surface area contributed by atoms with Gasteiger partial charge in [-0.1, -0.05) is 18.2 Å². The van der Waals surface area contributed by atoms with Crippen LogP contribution < -0.4 is 16.6 Å². The van der Waals surface area contributed by atoms with E-state index in [4.69, 9.17) is 5.73 Å². The van der Waals surface area contributed by atoms with Crippen LogP contribution in [0, 0.1) is 0 Å². The fourth-order valence-corrected chi connectivity index (χ4v) is 4.46. The van der Waals surface area contributed by atoms with Gasteiger partial charge in [0.25, 0.3) is 5.56 Å². The number of ketones is 1. The number of hydrogen-bond acceptors (Lipinski definition) is 10. The Morgan fingerprint density at radius 3 is 2.60 bits per heavy atom. The lowest BCUT2D eigenvalue weighted by atomic mass is 10.1. The predicted molar refractivity (Wildman–Crippen MR) is 160 cm³/mol. The van der Waals surface area contributed by atoms with Crippen molar-refractivity contribution in [3.8, 4) is 5.82 Å². The van der Waals surface area contributed by atoms with E-state index in [0.29, 0.717) is 37.0 Å². The number of nitrogens with two attached hydrogens (primary N) is 1. The lowest BCUT2D eigenvalue weighted by Crippen LogP contribution is -2.26. The number of rotatable bonds is 12. The zero-order valence-electron chi connectivity index (χ0n) is 23.5. The third-order valence-corrected chi connectivity index (χ3v) is 6.45. The molecule has 12 nitrogen and oxygen atoms in total. The molecule has 5 rings (SSSR count). The average molecular weight is 565 g/mol. The standard InChI is InChI=1S/C30H32N10O2/c1-38(2)19-21-10-12-23(13-11-21)34-30-36-29(31)40(37-30)27-14-16-33-26(35-27)9-3-8-25(41)24-7-5-17-39(28(24)42)20-22-6-4-15-32-18-22/h4-7,10-18H,3,8-9,19-20H2,1-2H3,(H3,31,34,36,37). The first-order chi connectivity index (χ1) is 20.4. The number of anilines is 3. The molecule has 5 aromatic rings. The first kappa shape index (κ1) is 28.3. The summed E-state index contributed by atoms with van der Waals surface area (Å²) in [7, 11) is 4.05. The first-order valence-electron chi connectivity index (χ1n) is 13.5. The highest BCUT2D eigenvalue weighted by Gasteiger charge is 2.14. The molecule has 0 atom stereocenters. The van der Waals surface area contributed by atoms with Gasteiger partial charge in [-0.15, -0.1) is 5.10 Å². The molecule has 0 saturated heterocycles. The summed E-state index contributed by atoms with van der Waals surface area (Å²) < 4.78 is 2.95. The molecule has 0 amide bonds. The normalized spacial score (nSPS) is 11.1. The van der Waals surface area contributed by atoms with Crippen molar-refractivity contribution in [2.24, 2.45) is 0 Å². The number of carbonyl (C=O) groups excluding carboxylic acids is 1. The van der Waals surface area contributed by atoms with Gasteiger partial charge in [0, 0.05) is 55.9 Å². The van der Waals surface area contributed by atoms with Crippen molar-refractivity contribution >= 4 is 23.4 Å². The second-order valence-corrected chi connectivity index (χ2v) is 10.1. The molecule has 0 saturated carbocycles. The Kier molecular flexibility index (Phi) is 8.73. The maximum absolute atomic E-state index is 12.9. The zero-order valence-corrected chi connectivity index (χ0v) is 23.5. The third-order valence-electron chi connectivity index (χ3n) is 6.45. The summed E-state index contributed by atoms with van der Waals surface area (Å²) in [6.07, 6.45) is 7.76. The van der Waals surface area contributed by atoms with Crippen molar-refractivity contribution in [1.82, 2.24) is 39.2 Å². The average Bonchev–Trinajstić information content (AvgIpc) is 3.35. The van der Waals surface area contributed by atoms with Crippen molar-refractivity contribution < 1.29 is 4.79 Å². The van der Waals surface area contributed by atoms with Gasteiger partial charge >= 0.3 is 0 Å². The number of nitrogens with one attached hydrogen (secondary N) is 1. The molecule has 0 unspecified atom stereocenters. The van der Waals surface area contributed by atoms with Gasteiger partial charge in [-0.05, 0) is 62.0 Å². The van der Waals surface area contributed by atoms with E-state index < -0.39 is 0 Å². The fraction of sp³-hybridized carbons (Fsp3) is 0.233. The number of nitrogens with zero attached hydrogens (tertiary/aromatic N) is 8. The van der Waals surface area contributed by atoms with E-state index in [1.54, 1.807) is 43.0 Å². The smallest absolute Gasteiger partial charge is 0.261 e. The number of nitrogen functional groups attached to an aromatic ring is 1. The Balaban J connectivity index is 1.20. The SMILES string of the molecule is CN(C)Cc1ccc(Nc2nc(N)n(-c3ccnc(CCCC(=O)c4cccn(Cc5cccnc5)c4=O)n3)n2)cc1. The number of hydrogen-bond donors (Lipinski definition) is 2. The highest BCUT2D eigenvalue weighted by atomic mass is 16.1. The molecule has 3 N–H and O–H groups in total. The van der Waals surface area contributed by atoms with Gasteiger partial charge in [0.1, 0.15) is 5.82 Å². The summed E-state index contributed by atoms with van der Waals surface area (Å²) in [5, 5.41) is 7.63. The van der Waals surface area contributed by atoms with Gasteiger partial charge in [-0.3, -0.25) is 14.6 Å². The van der Waals surface area contributed by atoms with E-state index in [1.165, 1.54) is 14.8 Å². The van der Waals surface area contributed by atoms with E-state index in [0.717, 1.165) is 17.8 Å². The van der Waals surface area contributed by atoms with E-state index >= 15 is 0 Å². The maximum atomic E-state index is 12.9. The molecule has 0 radical (unpaired) electrons. The second kappa shape index (κ2) is 13.0. The zero-order chi connectivity index (χ0) is 29.5. The van der Waals surface area contributed by atoms with Crippen molar-refractivity contribution in [2.45, 2.75) is 32.4 Å². The van der Waals surface area contributed by atoms with Gasteiger partial charge in [0.15, 0.2) is 11.6 Å². The van der Waals surface area contributed by atoms with E-state index in [1.807, 2.05) is 50.5 Å². The molecule has 12 heteroatoms. The Hall–Kier alpha value is -5.23. The number of aromatic nitrogens is 7. The molecule has 0 aliphatic heterocycles. The molecular weight excluding hydrogens is 532 g/mol. The minimum absolute atomic E-state index is 0.166. The van der Waals surface area contributed by atoms with E-state index in [-0.39, 0.29) is 29.3 Å². The molecule has 4 heterocycles. The fourth-order valence-electron chi connectivity index (χ4n) is 4.46. The van der Waals surface area contributed by atoms with Crippen LogP contribution in [-0.4, -0.2) is 59.1 Å². The summed E-state index contributed by atoms with van der Waals surface area (Å²) in [4.78, 5) is 45.2. The van der Waals surface area contributed by atoms with Crippen LogP contribution in [0.25, 0.3) is 5.82 Å². The molecule has 0 fully saturated rings. The monoisotopic (exact) mass is 564 g/mol. The quantitative estimate of drug-likeness (QED) is 0.216. The van der Waals surface area contributed by atoms with Crippen LogP contribution in [0.15, 0.2) is 84.2 Å². The largest absolute Gasteiger partial charge is 0.368 e. The molecule has 0 aliphatic rings. The van der Waals surface area contributed by atoms with Crippen molar-refractivity contribution in [1.29, 1.82) is 0 Å². The highest BCUT2D eigenvalue weighted by molar-refractivity contribution is 5.95. The maximum Gasteiger partial charge on any atom is 0.261 e. The van der Waals surface area contributed by atoms with Crippen LogP contribution in [-0.2, 0) is 19.5 Å². The molecule has 0 bridgehead atoms.